The second-order valence-corrected chi connectivity index (χ2v) is 5.64. The van der Waals surface area contributed by atoms with Gasteiger partial charge in [0.25, 0.3) is 0 Å². The van der Waals surface area contributed by atoms with E-state index in [1.165, 1.54) is 18.5 Å². The number of halogens is 1. The quantitative estimate of drug-likeness (QED) is 0.674. The average molecular weight is 330 g/mol. The summed E-state index contributed by atoms with van der Waals surface area (Å²) >= 11 is 0. The maximum Gasteiger partial charge on any atom is 0.338 e. The Morgan fingerprint density at radius 3 is 2.83 bits per heavy atom. The Morgan fingerprint density at radius 2 is 2.12 bits per heavy atom. The van der Waals surface area contributed by atoms with Crippen LogP contribution in [0.25, 0.3) is 0 Å². The van der Waals surface area contributed by atoms with Crippen LogP contribution in [0.4, 0.5) is 10.3 Å². The van der Waals surface area contributed by atoms with Gasteiger partial charge in [0.2, 0.25) is 5.95 Å². The SMILES string of the molecule is CCCCOC(=O)C1=C(C)Nc2ncnn2[C@@H]1c1ccc(F)cc1. The number of nitrogens with one attached hydrogen (secondary N) is 1. The van der Waals surface area contributed by atoms with Gasteiger partial charge in [0, 0.05) is 5.70 Å². The van der Waals surface area contributed by atoms with E-state index in [2.05, 4.69) is 15.4 Å². The predicted octanol–water partition coefficient (Wildman–Crippen LogP) is 3.05. The standard InChI is InChI=1S/C17H19FN4O2/c1-3-4-9-24-16(23)14-11(2)21-17-19-10-20-22(17)15(14)12-5-7-13(18)8-6-12/h5-8,10,15H,3-4,9H2,1-2H3,(H,19,20,21)/t15-/m1/s1. The molecule has 24 heavy (non-hydrogen) atoms. The van der Waals surface area contributed by atoms with Gasteiger partial charge in [-0.15, -0.1) is 0 Å². The number of carbonyl (C=O) groups excluding carboxylic acids is 1. The lowest BCUT2D eigenvalue weighted by Gasteiger charge is -2.28. The van der Waals surface area contributed by atoms with Crippen molar-refractivity contribution in [2.75, 3.05) is 11.9 Å². The molecule has 1 aliphatic rings. The number of allylic oxidation sites excluding steroid dienone is 1. The van der Waals surface area contributed by atoms with Crippen LogP contribution in [0.2, 0.25) is 0 Å². The Hall–Kier alpha value is -2.70. The highest BCUT2D eigenvalue weighted by atomic mass is 19.1. The molecule has 0 fully saturated rings. The zero-order valence-electron chi connectivity index (χ0n) is 13.6. The summed E-state index contributed by atoms with van der Waals surface area (Å²) in [6.07, 6.45) is 3.16. The molecule has 3 rings (SSSR count). The van der Waals surface area contributed by atoms with Crippen molar-refractivity contribution in [3.8, 4) is 0 Å². The lowest BCUT2D eigenvalue weighted by molar-refractivity contribution is -0.139. The van der Waals surface area contributed by atoms with Crippen LogP contribution in [0, 0.1) is 5.82 Å². The number of esters is 1. The minimum Gasteiger partial charge on any atom is -0.462 e. The maximum absolute atomic E-state index is 13.3. The van der Waals surface area contributed by atoms with Gasteiger partial charge in [-0.1, -0.05) is 25.5 Å². The maximum atomic E-state index is 13.3. The van der Waals surface area contributed by atoms with Crippen LogP contribution < -0.4 is 5.32 Å². The summed E-state index contributed by atoms with van der Waals surface area (Å²) < 4.78 is 20.3. The summed E-state index contributed by atoms with van der Waals surface area (Å²) in [7, 11) is 0. The molecule has 0 spiro atoms. The van der Waals surface area contributed by atoms with E-state index in [1.54, 1.807) is 23.7 Å². The summed E-state index contributed by atoms with van der Waals surface area (Å²) in [5, 5.41) is 7.27. The molecule has 1 aliphatic heterocycles. The second-order valence-electron chi connectivity index (χ2n) is 5.64. The zero-order valence-corrected chi connectivity index (χ0v) is 13.6. The fraction of sp³-hybridized carbons (Fsp3) is 0.353. The van der Waals surface area contributed by atoms with Crippen molar-refractivity contribution in [3.05, 3.63) is 53.2 Å². The van der Waals surface area contributed by atoms with Crippen molar-refractivity contribution in [3.63, 3.8) is 0 Å². The van der Waals surface area contributed by atoms with Crippen LogP contribution in [0.5, 0.6) is 0 Å². The smallest absolute Gasteiger partial charge is 0.338 e. The summed E-state index contributed by atoms with van der Waals surface area (Å²) in [6, 6.07) is 5.51. The van der Waals surface area contributed by atoms with E-state index in [0.29, 0.717) is 23.8 Å². The predicted molar refractivity (Wildman–Crippen MR) is 86.8 cm³/mol. The first-order valence-corrected chi connectivity index (χ1v) is 7.91. The highest BCUT2D eigenvalue weighted by Crippen LogP contribution is 2.35. The molecule has 0 aliphatic carbocycles. The Balaban J connectivity index is 2.00. The fourth-order valence-electron chi connectivity index (χ4n) is 2.70. The normalized spacial score (nSPS) is 16.5. The summed E-state index contributed by atoms with van der Waals surface area (Å²) in [5.41, 5.74) is 1.86. The van der Waals surface area contributed by atoms with E-state index in [1.807, 2.05) is 6.92 Å². The number of nitrogens with zero attached hydrogens (tertiary/aromatic N) is 3. The average Bonchev–Trinajstić information content (AvgIpc) is 3.02. The van der Waals surface area contributed by atoms with Crippen molar-refractivity contribution in [1.29, 1.82) is 0 Å². The van der Waals surface area contributed by atoms with Crippen LogP contribution in [0.3, 0.4) is 0 Å². The highest BCUT2D eigenvalue weighted by molar-refractivity contribution is 5.92. The molecule has 0 radical (unpaired) electrons. The molecule has 1 aromatic carbocycles. The number of carbonyl (C=O) groups is 1. The van der Waals surface area contributed by atoms with Gasteiger partial charge in [-0.05, 0) is 31.0 Å². The number of aromatic nitrogens is 3. The van der Waals surface area contributed by atoms with Gasteiger partial charge >= 0.3 is 5.97 Å². The van der Waals surface area contributed by atoms with E-state index in [-0.39, 0.29) is 5.82 Å². The number of unbranched alkanes of at least 4 members (excludes halogenated alkanes) is 1. The number of anilines is 1. The molecule has 2 aromatic rings. The number of benzene rings is 1. The molecule has 0 amide bonds. The number of rotatable bonds is 5. The number of hydrogen-bond acceptors (Lipinski definition) is 5. The van der Waals surface area contributed by atoms with Crippen molar-refractivity contribution in [1.82, 2.24) is 14.8 Å². The third kappa shape index (κ3) is 3.02. The minimum atomic E-state index is -0.501. The van der Waals surface area contributed by atoms with Crippen molar-refractivity contribution in [2.45, 2.75) is 32.7 Å². The molecule has 0 unspecified atom stereocenters. The van der Waals surface area contributed by atoms with Gasteiger partial charge in [0.1, 0.15) is 18.2 Å². The van der Waals surface area contributed by atoms with Gasteiger partial charge in [-0.3, -0.25) is 0 Å². The molecule has 6 nitrogen and oxygen atoms in total. The molecule has 0 saturated heterocycles. The summed E-state index contributed by atoms with van der Waals surface area (Å²) in [4.78, 5) is 16.8. The lowest BCUT2D eigenvalue weighted by Crippen LogP contribution is -2.29. The van der Waals surface area contributed by atoms with Crippen molar-refractivity contribution in [2.24, 2.45) is 0 Å². The molecule has 1 N–H and O–H groups in total. The first-order valence-electron chi connectivity index (χ1n) is 7.91. The Labute approximate surface area is 139 Å². The number of ether oxygens (including phenoxy) is 1. The van der Waals surface area contributed by atoms with Crippen LogP contribution in [0.1, 0.15) is 38.3 Å². The Bertz CT molecular complexity index is 767. The highest BCUT2D eigenvalue weighted by Gasteiger charge is 2.34. The molecule has 1 aromatic heterocycles. The summed E-state index contributed by atoms with van der Waals surface area (Å²) in [5.74, 6) is -0.199. The van der Waals surface area contributed by atoms with E-state index in [9.17, 15) is 9.18 Å². The van der Waals surface area contributed by atoms with E-state index < -0.39 is 12.0 Å². The molecular formula is C17H19FN4O2. The molecule has 126 valence electrons. The van der Waals surface area contributed by atoms with Gasteiger partial charge in [0.05, 0.1) is 12.2 Å². The van der Waals surface area contributed by atoms with E-state index >= 15 is 0 Å². The molecule has 2 heterocycles. The lowest BCUT2D eigenvalue weighted by atomic mass is 9.96. The minimum absolute atomic E-state index is 0.334. The van der Waals surface area contributed by atoms with Crippen LogP contribution in [-0.4, -0.2) is 27.3 Å². The van der Waals surface area contributed by atoms with E-state index in [4.69, 9.17) is 4.74 Å². The van der Waals surface area contributed by atoms with Crippen molar-refractivity contribution < 1.29 is 13.9 Å². The largest absolute Gasteiger partial charge is 0.462 e. The Kier molecular flexibility index (Phi) is 4.59. The molecular weight excluding hydrogens is 311 g/mol. The second kappa shape index (κ2) is 6.82. The topological polar surface area (TPSA) is 69.0 Å². The first kappa shape index (κ1) is 16.2. The molecule has 0 saturated carbocycles. The monoisotopic (exact) mass is 330 g/mol. The van der Waals surface area contributed by atoms with E-state index in [0.717, 1.165) is 18.4 Å². The van der Waals surface area contributed by atoms with Crippen LogP contribution in [-0.2, 0) is 9.53 Å². The molecule has 1 atom stereocenters. The van der Waals surface area contributed by atoms with Crippen molar-refractivity contribution >= 4 is 11.9 Å². The molecule has 0 bridgehead atoms. The van der Waals surface area contributed by atoms with Crippen LogP contribution in [0.15, 0.2) is 41.9 Å². The van der Waals surface area contributed by atoms with Gasteiger partial charge in [-0.25, -0.2) is 13.9 Å². The van der Waals surface area contributed by atoms with Crippen LogP contribution >= 0.6 is 0 Å². The summed E-state index contributed by atoms with van der Waals surface area (Å²) in [6.45, 7) is 4.20. The Morgan fingerprint density at radius 1 is 1.38 bits per heavy atom. The fourth-order valence-corrected chi connectivity index (χ4v) is 2.70. The van der Waals surface area contributed by atoms with Gasteiger partial charge in [0.15, 0.2) is 0 Å². The van der Waals surface area contributed by atoms with Gasteiger partial charge in [-0.2, -0.15) is 10.1 Å². The number of fused-ring (bicyclic) bond motifs is 1. The zero-order chi connectivity index (χ0) is 17.1. The first-order chi connectivity index (χ1) is 11.6. The third-order valence-corrected chi connectivity index (χ3v) is 3.93. The number of hydrogen-bond donors (Lipinski definition) is 1. The van der Waals surface area contributed by atoms with Gasteiger partial charge < -0.3 is 10.1 Å². The molecule has 7 heteroatoms. The third-order valence-electron chi connectivity index (χ3n) is 3.93.